The number of ether oxygens (including phenoxy) is 3. The van der Waals surface area contributed by atoms with Crippen LogP contribution in [0.3, 0.4) is 0 Å². The van der Waals surface area contributed by atoms with Gasteiger partial charge in [0.2, 0.25) is 5.88 Å². The van der Waals surface area contributed by atoms with E-state index in [0.717, 1.165) is 5.69 Å². The Hall–Kier alpha value is -0.840. The second-order valence-corrected chi connectivity index (χ2v) is 4.31. The highest BCUT2D eigenvalue weighted by Crippen LogP contribution is 2.39. The summed E-state index contributed by atoms with van der Waals surface area (Å²) in [7, 11) is 1.60. The number of hydrogen-bond donors (Lipinski definition) is 0. The summed E-state index contributed by atoms with van der Waals surface area (Å²) < 4.78 is 15.8. The molecule has 2 heterocycles. The summed E-state index contributed by atoms with van der Waals surface area (Å²) in [6.45, 7) is 3.88. The summed E-state index contributed by atoms with van der Waals surface area (Å²) in [6, 6.07) is 3.45. The molecule has 0 radical (unpaired) electrons. The Morgan fingerprint density at radius 1 is 1.44 bits per heavy atom. The molecular weight excluding hydrogens is 230 g/mol. The number of methoxy groups -OCH3 is 1. The third kappa shape index (κ3) is 2.64. The Kier molecular flexibility index (Phi) is 3.33. The number of hydrogen-bond acceptors (Lipinski definition) is 4. The normalized spacial score (nSPS) is 23.6. The zero-order valence-electron chi connectivity index (χ0n) is 9.44. The first-order valence-corrected chi connectivity index (χ1v) is 5.50. The monoisotopic (exact) mass is 243 g/mol. The average molecular weight is 244 g/mol. The molecule has 1 aromatic heterocycles. The van der Waals surface area contributed by atoms with Gasteiger partial charge in [-0.3, -0.25) is 0 Å². The van der Waals surface area contributed by atoms with Crippen molar-refractivity contribution in [3.05, 3.63) is 22.8 Å². The van der Waals surface area contributed by atoms with Gasteiger partial charge >= 0.3 is 0 Å². The van der Waals surface area contributed by atoms with E-state index in [9.17, 15) is 0 Å². The van der Waals surface area contributed by atoms with Crippen molar-refractivity contribution in [2.24, 2.45) is 0 Å². The van der Waals surface area contributed by atoms with E-state index in [1.54, 1.807) is 19.2 Å². The number of epoxide rings is 1. The molecule has 0 spiro atoms. The molecule has 1 fully saturated rings. The van der Waals surface area contributed by atoms with Gasteiger partial charge in [0.15, 0.2) is 12.4 Å². The lowest BCUT2D eigenvalue weighted by Gasteiger charge is -2.09. The molecule has 2 rings (SSSR count). The Bertz CT molecular complexity index is 383. The molecule has 16 heavy (non-hydrogen) atoms. The maximum atomic E-state index is 5.98. The molecule has 0 aromatic carbocycles. The van der Waals surface area contributed by atoms with E-state index in [4.69, 9.17) is 25.8 Å². The van der Waals surface area contributed by atoms with Crippen molar-refractivity contribution >= 4 is 11.6 Å². The second kappa shape index (κ2) is 4.57. The van der Waals surface area contributed by atoms with Crippen LogP contribution in [0, 0.1) is 0 Å². The van der Waals surface area contributed by atoms with Crippen LogP contribution in [0.1, 0.15) is 25.6 Å². The molecule has 0 bridgehead atoms. The van der Waals surface area contributed by atoms with Gasteiger partial charge in [-0.25, -0.2) is 4.98 Å². The first-order chi connectivity index (χ1) is 7.60. The topological polar surface area (TPSA) is 43.9 Å². The molecule has 0 aliphatic carbocycles. The van der Waals surface area contributed by atoms with Gasteiger partial charge in [-0.15, -0.1) is 0 Å². The summed E-state index contributed by atoms with van der Waals surface area (Å²) >= 11 is 5.98. The predicted octanol–water partition coefficient (Wildman–Crippen LogP) is 2.57. The molecule has 1 aromatic rings. The Labute approximate surface area is 99.5 Å². The number of aromatic nitrogens is 1. The maximum absolute atomic E-state index is 5.98. The lowest BCUT2D eigenvalue weighted by atomic mass is 10.3. The van der Waals surface area contributed by atoms with Gasteiger partial charge in [0, 0.05) is 18.2 Å². The molecule has 2 atom stereocenters. The molecule has 1 aliphatic heterocycles. The van der Waals surface area contributed by atoms with E-state index in [1.807, 2.05) is 13.8 Å². The lowest BCUT2D eigenvalue weighted by Crippen LogP contribution is -2.07. The standard InChI is InChI=1S/C11H14ClNO3/c1-6(2)15-9-5-7(12)4-8(13-9)10-11(14-3)16-10/h4-6,10-11H,1-3H3. The van der Waals surface area contributed by atoms with Crippen molar-refractivity contribution in [3.63, 3.8) is 0 Å². The summed E-state index contributed by atoms with van der Waals surface area (Å²) in [5.41, 5.74) is 0.745. The van der Waals surface area contributed by atoms with Crippen LogP contribution in [0.4, 0.5) is 0 Å². The highest BCUT2D eigenvalue weighted by molar-refractivity contribution is 6.30. The van der Waals surface area contributed by atoms with Crippen LogP contribution in [0.25, 0.3) is 0 Å². The molecular formula is C11H14ClNO3. The van der Waals surface area contributed by atoms with Gasteiger partial charge in [0.1, 0.15) is 0 Å². The zero-order valence-corrected chi connectivity index (χ0v) is 10.2. The van der Waals surface area contributed by atoms with Crippen LogP contribution in [-0.2, 0) is 9.47 Å². The summed E-state index contributed by atoms with van der Waals surface area (Å²) in [4.78, 5) is 4.32. The molecule has 0 saturated carbocycles. The van der Waals surface area contributed by atoms with E-state index in [2.05, 4.69) is 4.98 Å². The van der Waals surface area contributed by atoms with Crippen molar-refractivity contribution in [2.45, 2.75) is 32.3 Å². The van der Waals surface area contributed by atoms with Gasteiger partial charge in [0.25, 0.3) is 0 Å². The minimum atomic E-state index is -0.210. The van der Waals surface area contributed by atoms with Crippen LogP contribution < -0.4 is 4.74 Å². The molecule has 0 N–H and O–H groups in total. The van der Waals surface area contributed by atoms with Crippen molar-refractivity contribution in [1.82, 2.24) is 4.98 Å². The van der Waals surface area contributed by atoms with Crippen LogP contribution in [0.15, 0.2) is 12.1 Å². The fraction of sp³-hybridized carbons (Fsp3) is 0.545. The third-order valence-electron chi connectivity index (χ3n) is 2.12. The van der Waals surface area contributed by atoms with Crippen LogP contribution in [-0.4, -0.2) is 24.5 Å². The van der Waals surface area contributed by atoms with Crippen LogP contribution >= 0.6 is 11.6 Å². The molecule has 5 heteroatoms. The number of rotatable bonds is 4. The van der Waals surface area contributed by atoms with E-state index >= 15 is 0 Å². The molecule has 0 amide bonds. The van der Waals surface area contributed by atoms with Crippen molar-refractivity contribution in [1.29, 1.82) is 0 Å². The molecule has 2 unspecified atom stereocenters. The number of halogens is 1. The van der Waals surface area contributed by atoms with E-state index in [0.29, 0.717) is 10.9 Å². The van der Waals surface area contributed by atoms with Gasteiger partial charge in [-0.05, 0) is 19.9 Å². The third-order valence-corrected chi connectivity index (χ3v) is 2.34. The van der Waals surface area contributed by atoms with Crippen molar-refractivity contribution in [3.8, 4) is 5.88 Å². The Morgan fingerprint density at radius 3 is 2.75 bits per heavy atom. The lowest BCUT2D eigenvalue weighted by molar-refractivity contribution is 0.0950. The predicted molar refractivity (Wildman–Crippen MR) is 59.6 cm³/mol. The molecule has 4 nitrogen and oxygen atoms in total. The van der Waals surface area contributed by atoms with Gasteiger partial charge in [-0.1, -0.05) is 11.6 Å². The number of nitrogens with zero attached hydrogens (tertiary/aromatic N) is 1. The van der Waals surface area contributed by atoms with E-state index in [1.165, 1.54) is 0 Å². The smallest absolute Gasteiger partial charge is 0.215 e. The molecule has 88 valence electrons. The number of pyridine rings is 1. The van der Waals surface area contributed by atoms with Crippen molar-refractivity contribution < 1.29 is 14.2 Å². The fourth-order valence-electron chi connectivity index (χ4n) is 1.43. The maximum Gasteiger partial charge on any atom is 0.215 e. The van der Waals surface area contributed by atoms with E-state index in [-0.39, 0.29) is 18.5 Å². The summed E-state index contributed by atoms with van der Waals surface area (Å²) in [5.74, 6) is 0.517. The van der Waals surface area contributed by atoms with Crippen LogP contribution in [0.5, 0.6) is 5.88 Å². The molecule has 1 aliphatic rings. The zero-order chi connectivity index (χ0) is 11.7. The Morgan fingerprint density at radius 2 is 2.19 bits per heavy atom. The van der Waals surface area contributed by atoms with Gasteiger partial charge < -0.3 is 14.2 Å². The van der Waals surface area contributed by atoms with Gasteiger partial charge in [0.05, 0.1) is 11.8 Å². The Balaban J connectivity index is 2.16. The first-order valence-electron chi connectivity index (χ1n) is 5.12. The highest BCUT2D eigenvalue weighted by Gasteiger charge is 2.42. The SMILES string of the molecule is COC1OC1c1cc(Cl)cc(OC(C)C)n1. The highest BCUT2D eigenvalue weighted by atomic mass is 35.5. The first kappa shape index (κ1) is 11.6. The minimum absolute atomic E-state index is 0.0668. The fourth-order valence-corrected chi connectivity index (χ4v) is 1.63. The quantitative estimate of drug-likeness (QED) is 0.763. The van der Waals surface area contributed by atoms with Crippen molar-refractivity contribution in [2.75, 3.05) is 7.11 Å². The van der Waals surface area contributed by atoms with Gasteiger partial charge in [-0.2, -0.15) is 0 Å². The van der Waals surface area contributed by atoms with Crippen LogP contribution in [0.2, 0.25) is 5.02 Å². The minimum Gasteiger partial charge on any atom is -0.475 e. The summed E-state index contributed by atoms with van der Waals surface area (Å²) in [5, 5.41) is 0.589. The summed E-state index contributed by atoms with van der Waals surface area (Å²) in [6.07, 6.45) is -0.270. The largest absolute Gasteiger partial charge is 0.475 e. The molecule has 1 saturated heterocycles. The van der Waals surface area contributed by atoms with E-state index < -0.39 is 0 Å². The second-order valence-electron chi connectivity index (χ2n) is 3.88. The average Bonchev–Trinajstić information content (AvgIpc) is 2.94.